The van der Waals surface area contributed by atoms with Gasteiger partial charge in [-0.2, -0.15) is 5.26 Å². The molecule has 72 valence electrons. The lowest BCUT2D eigenvalue weighted by atomic mass is 10.2. The van der Waals surface area contributed by atoms with Crippen LogP contribution in [0.5, 0.6) is 0 Å². The average molecular weight is 197 g/mol. The highest BCUT2D eigenvalue weighted by Gasteiger charge is 2.01. The first-order valence-corrected chi connectivity index (χ1v) is 4.25. The Morgan fingerprint density at radius 3 is 2.40 bits per heavy atom. The molecule has 5 heteroatoms. The molecular weight excluding hydrogens is 190 g/mol. The maximum Gasteiger partial charge on any atom is 0.146 e. The highest BCUT2D eigenvalue weighted by Crippen LogP contribution is 2.13. The van der Waals surface area contributed by atoms with Crippen molar-refractivity contribution in [2.75, 3.05) is 5.73 Å². The SMILES string of the molecule is N#Cc1ccc(-c2ccc(N)nn2)nc1. The topological polar surface area (TPSA) is 88.5 Å². The Kier molecular flexibility index (Phi) is 2.25. The molecule has 0 spiro atoms. The van der Waals surface area contributed by atoms with Gasteiger partial charge in [-0.1, -0.05) is 0 Å². The number of aromatic nitrogens is 3. The van der Waals surface area contributed by atoms with Crippen molar-refractivity contribution in [3.63, 3.8) is 0 Å². The molecule has 0 aliphatic carbocycles. The molecule has 2 aromatic rings. The fraction of sp³-hybridized carbons (Fsp3) is 0. The lowest BCUT2D eigenvalue weighted by Gasteiger charge is -1.98. The maximum absolute atomic E-state index is 8.60. The Labute approximate surface area is 86.2 Å². The summed E-state index contributed by atoms with van der Waals surface area (Å²) in [7, 11) is 0. The molecule has 0 bridgehead atoms. The van der Waals surface area contributed by atoms with Crippen molar-refractivity contribution in [2.24, 2.45) is 0 Å². The fourth-order valence-electron chi connectivity index (χ4n) is 1.09. The number of hydrogen-bond acceptors (Lipinski definition) is 5. The molecule has 2 rings (SSSR count). The first kappa shape index (κ1) is 9.09. The molecule has 0 saturated heterocycles. The number of rotatable bonds is 1. The van der Waals surface area contributed by atoms with Gasteiger partial charge < -0.3 is 5.73 Å². The van der Waals surface area contributed by atoms with E-state index >= 15 is 0 Å². The standard InChI is InChI=1S/C10H7N5/c11-5-7-1-2-8(13-6-7)9-3-4-10(12)15-14-9/h1-4,6H,(H2,12,15). The van der Waals surface area contributed by atoms with Gasteiger partial charge in [0, 0.05) is 6.20 Å². The van der Waals surface area contributed by atoms with Gasteiger partial charge in [0.15, 0.2) is 0 Å². The molecule has 0 radical (unpaired) electrons. The largest absolute Gasteiger partial charge is 0.382 e. The van der Waals surface area contributed by atoms with E-state index in [1.807, 2.05) is 6.07 Å². The summed E-state index contributed by atoms with van der Waals surface area (Å²) >= 11 is 0. The van der Waals surface area contributed by atoms with Crippen LogP contribution in [0.1, 0.15) is 5.56 Å². The molecular formula is C10H7N5. The number of pyridine rings is 1. The van der Waals surface area contributed by atoms with Crippen LogP contribution in [0, 0.1) is 11.3 Å². The molecule has 5 nitrogen and oxygen atoms in total. The number of nitrogens with two attached hydrogens (primary N) is 1. The van der Waals surface area contributed by atoms with Crippen molar-refractivity contribution in [2.45, 2.75) is 0 Å². The van der Waals surface area contributed by atoms with E-state index in [0.29, 0.717) is 22.8 Å². The van der Waals surface area contributed by atoms with E-state index in [9.17, 15) is 0 Å². The van der Waals surface area contributed by atoms with Crippen molar-refractivity contribution in [1.29, 1.82) is 5.26 Å². The van der Waals surface area contributed by atoms with Crippen molar-refractivity contribution in [3.05, 3.63) is 36.0 Å². The van der Waals surface area contributed by atoms with Gasteiger partial charge in [-0.05, 0) is 24.3 Å². The highest BCUT2D eigenvalue weighted by atomic mass is 15.1. The third kappa shape index (κ3) is 1.89. The van der Waals surface area contributed by atoms with E-state index < -0.39 is 0 Å². The highest BCUT2D eigenvalue weighted by molar-refractivity contribution is 5.55. The van der Waals surface area contributed by atoms with E-state index in [0.717, 1.165) is 0 Å². The van der Waals surface area contributed by atoms with Gasteiger partial charge in [0.25, 0.3) is 0 Å². The van der Waals surface area contributed by atoms with E-state index in [4.69, 9.17) is 11.0 Å². The Bertz CT molecular complexity index is 495. The lowest BCUT2D eigenvalue weighted by Crippen LogP contribution is -1.95. The van der Waals surface area contributed by atoms with Gasteiger partial charge in [0.05, 0.1) is 11.3 Å². The maximum atomic E-state index is 8.60. The van der Waals surface area contributed by atoms with Crippen molar-refractivity contribution < 1.29 is 0 Å². The quantitative estimate of drug-likeness (QED) is 0.736. The van der Waals surface area contributed by atoms with Crippen LogP contribution >= 0.6 is 0 Å². The molecule has 0 unspecified atom stereocenters. The summed E-state index contributed by atoms with van der Waals surface area (Å²) in [6.07, 6.45) is 1.49. The van der Waals surface area contributed by atoms with Crippen LogP contribution in [0.25, 0.3) is 11.4 Å². The zero-order valence-corrected chi connectivity index (χ0v) is 7.75. The first-order chi connectivity index (χ1) is 7.29. The molecule has 0 atom stereocenters. The van der Waals surface area contributed by atoms with Crippen molar-refractivity contribution in [1.82, 2.24) is 15.2 Å². The summed E-state index contributed by atoms with van der Waals surface area (Å²) < 4.78 is 0. The number of anilines is 1. The van der Waals surface area contributed by atoms with Gasteiger partial charge in [-0.25, -0.2) is 0 Å². The second-order valence-corrected chi connectivity index (χ2v) is 2.89. The number of hydrogen-bond donors (Lipinski definition) is 1. The molecule has 2 N–H and O–H groups in total. The average Bonchev–Trinajstić information content (AvgIpc) is 2.30. The predicted octanol–water partition coefficient (Wildman–Crippen LogP) is 0.992. The smallest absolute Gasteiger partial charge is 0.146 e. The molecule has 15 heavy (non-hydrogen) atoms. The number of nitriles is 1. The third-order valence-corrected chi connectivity index (χ3v) is 1.84. The first-order valence-electron chi connectivity index (χ1n) is 4.25. The van der Waals surface area contributed by atoms with Crippen LogP contribution in [-0.2, 0) is 0 Å². The van der Waals surface area contributed by atoms with Crippen LogP contribution in [-0.4, -0.2) is 15.2 Å². The van der Waals surface area contributed by atoms with Gasteiger partial charge in [0.1, 0.15) is 17.6 Å². The minimum absolute atomic E-state index is 0.368. The summed E-state index contributed by atoms with van der Waals surface area (Å²) in [5.74, 6) is 0.368. The third-order valence-electron chi connectivity index (χ3n) is 1.84. The molecule has 2 aromatic heterocycles. The Morgan fingerprint density at radius 2 is 1.87 bits per heavy atom. The Morgan fingerprint density at radius 1 is 1.07 bits per heavy atom. The molecule has 0 saturated carbocycles. The molecule has 0 aliphatic heterocycles. The van der Waals surface area contributed by atoms with E-state index in [-0.39, 0.29) is 0 Å². The second kappa shape index (κ2) is 3.72. The molecule has 0 amide bonds. The Hall–Kier alpha value is -2.48. The summed E-state index contributed by atoms with van der Waals surface area (Å²) in [4.78, 5) is 4.08. The van der Waals surface area contributed by atoms with Crippen molar-refractivity contribution >= 4 is 5.82 Å². The van der Waals surface area contributed by atoms with Gasteiger partial charge in [-0.15, -0.1) is 10.2 Å². The fourth-order valence-corrected chi connectivity index (χ4v) is 1.09. The lowest BCUT2D eigenvalue weighted by molar-refractivity contribution is 1.04. The van der Waals surface area contributed by atoms with E-state index in [1.165, 1.54) is 6.20 Å². The van der Waals surface area contributed by atoms with Crippen LogP contribution in [0.3, 0.4) is 0 Å². The van der Waals surface area contributed by atoms with Crippen LogP contribution in [0.15, 0.2) is 30.5 Å². The van der Waals surface area contributed by atoms with E-state index in [2.05, 4.69) is 15.2 Å². The minimum atomic E-state index is 0.368. The summed E-state index contributed by atoms with van der Waals surface area (Å²) in [5, 5.41) is 16.2. The Balaban J connectivity index is 2.38. The molecule has 0 aromatic carbocycles. The van der Waals surface area contributed by atoms with Crippen LogP contribution < -0.4 is 5.73 Å². The number of nitrogens with zero attached hydrogens (tertiary/aromatic N) is 4. The van der Waals surface area contributed by atoms with Gasteiger partial charge >= 0.3 is 0 Å². The summed E-state index contributed by atoms with van der Waals surface area (Å²) in [6.45, 7) is 0. The van der Waals surface area contributed by atoms with Gasteiger partial charge in [-0.3, -0.25) is 4.98 Å². The second-order valence-electron chi connectivity index (χ2n) is 2.89. The van der Waals surface area contributed by atoms with E-state index in [1.54, 1.807) is 24.3 Å². The predicted molar refractivity (Wildman–Crippen MR) is 54.4 cm³/mol. The summed E-state index contributed by atoms with van der Waals surface area (Å²) in [5.41, 5.74) is 7.23. The molecule has 2 heterocycles. The monoisotopic (exact) mass is 197 g/mol. The van der Waals surface area contributed by atoms with Gasteiger partial charge in [0.2, 0.25) is 0 Å². The molecule has 0 aliphatic rings. The minimum Gasteiger partial charge on any atom is -0.382 e. The summed E-state index contributed by atoms with van der Waals surface area (Å²) in [6, 6.07) is 8.79. The normalized spacial score (nSPS) is 9.53. The molecule has 0 fully saturated rings. The van der Waals surface area contributed by atoms with Crippen molar-refractivity contribution in [3.8, 4) is 17.5 Å². The zero-order chi connectivity index (χ0) is 10.7. The zero-order valence-electron chi connectivity index (χ0n) is 7.75. The van der Waals surface area contributed by atoms with Crippen LogP contribution in [0.2, 0.25) is 0 Å². The number of nitrogen functional groups attached to an aromatic ring is 1. The van der Waals surface area contributed by atoms with Crippen LogP contribution in [0.4, 0.5) is 5.82 Å².